The lowest BCUT2D eigenvalue weighted by Crippen LogP contribution is -2.30. The van der Waals surface area contributed by atoms with E-state index < -0.39 is 28.5 Å². The molecule has 44 heavy (non-hydrogen) atoms. The van der Waals surface area contributed by atoms with Crippen molar-refractivity contribution >= 4 is 35.0 Å². The lowest BCUT2D eigenvalue weighted by atomic mass is 9.98. The molecule has 0 heterocycles. The van der Waals surface area contributed by atoms with E-state index in [-0.39, 0.29) is 35.5 Å². The summed E-state index contributed by atoms with van der Waals surface area (Å²) in [6.45, 7) is 2.53. The van der Waals surface area contributed by atoms with E-state index in [0.29, 0.717) is 25.9 Å². The Bertz CT molecular complexity index is 1470. The van der Waals surface area contributed by atoms with Crippen LogP contribution < -0.4 is 16.0 Å². The standard InChI is InChI=1S/C17H15NO4.C13H18N4O5/c19-16(20)9-18-17(21)22-10-15-13-7-3-1-5-11(13)12-6-2-4-8-14(12)15;1-2-13(18)15-8-4-3-7-14-11-6-5-10(16(19)20)9-12(11)17(21)22/h1-8,15H,9-10H2,(H,18,21)(H,19,20);5-6,9,14H,2-4,7-8H2,1H3,(H,15,18). The number of benzene rings is 3. The number of hydrogen-bond acceptors (Lipinski definition) is 9. The number of rotatable bonds is 13. The topological polar surface area (TPSA) is 203 Å². The maximum Gasteiger partial charge on any atom is 0.407 e. The number of carboxylic acid groups (broad SMARTS) is 1. The maximum absolute atomic E-state index is 11.5. The number of carbonyl (C=O) groups excluding carboxylic acids is 2. The third-order valence-electron chi connectivity index (χ3n) is 6.68. The molecule has 4 rings (SSSR count). The zero-order valence-corrected chi connectivity index (χ0v) is 24.0. The van der Waals surface area contributed by atoms with Crippen LogP contribution in [0.2, 0.25) is 0 Å². The molecule has 0 fully saturated rings. The minimum Gasteiger partial charge on any atom is -0.480 e. The van der Waals surface area contributed by atoms with Gasteiger partial charge < -0.3 is 25.8 Å². The van der Waals surface area contributed by atoms with Crippen molar-refractivity contribution in [2.75, 3.05) is 31.6 Å². The number of non-ortho nitro benzene ring substituents is 1. The van der Waals surface area contributed by atoms with E-state index in [1.807, 2.05) is 36.4 Å². The molecule has 3 aromatic rings. The molecule has 1 aliphatic rings. The van der Waals surface area contributed by atoms with Gasteiger partial charge in [0.15, 0.2) is 0 Å². The predicted octanol–water partition coefficient (Wildman–Crippen LogP) is 4.83. The van der Waals surface area contributed by atoms with Gasteiger partial charge in [0.1, 0.15) is 18.8 Å². The summed E-state index contributed by atoms with van der Waals surface area (Å²) in [7, 11) is 0. The van der Waals surface area contributed by atoms with Crippen molar-refractivity contribution in [1.82, 2.24) is 10.6 Å². The van der Waals surface area contributed by atoms with Crippen LogP contribution >= 0.6 is 0 Å². The van der Waals surface area contributed by atoms with Crippen LogP contribution in [0.4, 0.5) is 21.9 Å². The number of nitro benzene ring substituents is 2. The van der Waals surface area contributed by atoms with Gasteiger partial charge in [0.2, 0.25) is 5.91 Å². The fraction of sp³-hybridized carbons (Fsp3) is 0.300. The monoisotopic (exact) mass is 607 g/mol. The first-order valence-corrected chi connectivity index (χ1v) is 13.9. The van der Waals surface area contributed by atoms with Gasteiger partial charge in [-0.15, -0.1) is 0 Å². The molecule has 14 heteroatoms. The highest BCUT2D eigenvalue weighted by Crippen LogP contribution is 2.44. The molecule has 0 aliphatic heterocycles. The molecule has 1 aliphatic carbocycles. The van der Waals surface area contributed by atoms with Crippen molar-refractivity contribution < 1.29 is 34.1 Å². The van der Waals surface area contributed by atoms with Crippen molar-refractivity contribution in [3.05, 3.63) is 98.1 Å². The Morgan fingerprint density at radius 1 is 0.864 bits per heavy atom. The highest BCUT2D eigenvalue weighted by Gasteiger charge is 2.29. The predicted molar refractivity (Wildman–Crippen MR) is 161 cm³/mol. The number of carbonyl (C=O) groups is 3. The quantitative estimate of drug-likeness (QED) is 0.118. The maximum atomic E-state index is 11.5. The number of ether oxygens (including phenoxy) is 1. The van der Waals surface area contributed by atoms with E-state index in [0.717, 1.165) is 34.7 Å². The molecule has 0 saturated carbocycles. The van der Waals surface area contributed by atoms with E-state index in [1.54, 1.807) is 6.92 Å². The smallest absolute Gasteiger partial charge is 0.407 e. The zero-order chi connectivity index (χ0) is 32.1. The average Bonchev–Trinajstić information content (AvgIpc) is 3.34. The minimum atomic E-state index is -1.10. The van der Waals surface area contributed by atoms with Gasteiger partial charge in [0.25, 0.3) is 11.4 Å². The van der Waals surface area contributed by atoms with Crippen LogP contribution in [0, 0.1) is 20.2 Å². The first-order valence-electron chi connectivity index (χ1n) is 13.9. The summed E-state index contributed by atoms with van der Waals surface area (Å²) in [5.74, 6) is -1.14. The van der Waals surface area contributed by atoms with Crippen LogP contribution in [-0.2, 0) is 14.3 Å². The Labute approximate surface area is 252 Å². The molecule has 4 N–H and O–H groups in total. The summed E-state index contributed by atoms with van der Waals surface area (Å²) < 4.78 is 5.18. The minimum absolute atomic E-state index is 0.0148. The number of unbranched alkanes of at least 4 members (excludes halogenated alkanes) is 1. The Hall–Kier alpha value is -5.53. The molecule has 0 saturated heterocycles. The highest BCUT2D eigenvalue weighted by atomic mass is 16.6. The molecule has 0 radical (unpaired) electrons. The molecule has 0 atom stereocenters. The Balaban J connectivity index is 0.000000240. The van der Waals surface area contributed by atoms with E-state index >= 15 is 0 Å². The number of hydrogen-bond donors (Lipinski definition) is 4. The molecule has 2 amide bonds. The lowest BCUT2D eigenvalue weighted by Gasteiger charge is -2.14. The Kier molecular flexibility index (Phi) is 12.1. The fourth-order valence-electron chi connectivity index (χ4n) is 4.56. The third-order valence-corrected chi connectivity index (χ3v) is 6.68. The number of nitrogens with zero attached hydrogens (tertiary/aromatic N) is 2. The van der Waals surface area contributed by atoms with Gasteiger partial charge in [0.05, 0.1) is 15.9 Å². The van der Waals surface area contributed by atoms with E-state index in [2.05, 4.69) is 28.1 Å². The van der Waals surface area contributed by atoms with Crippen molar-refractivity contribution in [1.29, 1.82) is 0 Å². The van der Waals surface area contributed by atoms with E-state index in [9.17, 15) is 34.6 Å². The largest absolute Gasteiger partial charge is 0.480 e. The highest BCUT2D eigenvalue weighted by molar-refractivity contribution is 5.79. The summed E-state index contributed by atoms with van der Waals surface area (Å²) in [6, 6.07) is 19.5. The number of aliphatic carboxylic acids is 1. The van der Waals surface area contributed by atoms with E-state index in [1.165, 1.54) is 12.1 Å². The van der Waals surface area contributed by atoms with Gasteiger partial charge in [-0.2, -0.15) is 0 Å². The summed E-state index contributed by atoms with van der Waals surface area (Å²) in [4.78, 5) is 53.2. The van der Waals surface area contributed by atoms with Gasteiger partial charge in [-0.25, -0.2) is 4.79 Å². The SMILES string of the molecule is CCC(=O)NCCCCNc1ccc([N+](=O)[O-])cc1[N+](=O)[O-].O=C(O)CNC(=O)OCC1c2ccccc2-c2ccccc21. The summed E-state index contributed by atoms with van der Waals surface area (Å²) in [5, 5.41) is 37.9. The first-order chi connectivity index (χ1) is 21.1. The number of amides is 2. The van der Waals surface area contributed by atoms with Crippen LogP contribution in [0.25, 0.3) is 11.1 Å². The van der Waals surface area contributed by atoms with Crippen LogP contribution in [0.1, 0.15) is 43.2 Å². The van der Waals surface area contributed by atoms with Gasteiger partial charge in [-0.05, 0) is 41.2 Å². The summed E-state index contributed by atoms with van der Waals surface area (Å²) in [6.07, 6.45) is 1.16. The first kappa shape index (κ1) is 33.0. The Morgan fingerprint density at radius 3 is 2.05 bits per heavy atom. The second kappa shape index (κ2) is 16.2. The lowest BCUT2D eigenvalue weighted by molar-refractivity contribution is -0.393. The molecule has 0 unspecified atom stereocenters. The third kappa shape index (κ3) is 9.24. The molecule has 14 nitrogen and oxygen atoms in total. The van der Waals surface area contributed by atoms with Gasteiger partial charge in [0, 0.05) is 31.5 Å². The number of carboxylic acids is 1. The summed E-state index contributed by atoms with van der Waals surface area (Å²) >= 11 is 0. The number of fused-ring (bicyclic) bond motifs is 3. The molecule has 232 valence electrons. The van der Waals surface area contributed by atoms with Gasteiger partial charge in [-0.1, -0.05) is 55.5 Å². The van der Waals surface area contributed by atoms with Crippen LogP contribution in [0.3, 0.4) is 0 Å². The number of anilines is 1. The van der Waals surface area contributed by atoms with Crippen molar-refractivity contribution in [2.24, 2.45) is 0 Å². The molecule has 0 spiro atoms. The average molecular weight is 608 g/mol. The van der Waals surface area contributed by atoms with Gasteiger partial charge in [-0.3, -0.25) is 29.8 Å². The second-order valence-corrected chi connectivity index (χ2v) is 9.63. The number of nitrogens with one attached hydrogen (secondary N) is 3. The zero-order valence-electron chi connectivity index (χ0n) is 24.0. The second-order valence-electron chi connectivity index (χ2n) is 9.63. The molecule has 3 aromatic carbocycles. The van der Waals surface area contributed by atoms with E-state index in [4.69, 9.17) is 9.84 Å². The molecular formula is C30H33N5O9. The normalized spacial score (nSPS) is 11.2. The van der Waals surface area contributed by atoms with Crippen molar-refractivity contribution in [3.8, 4) is 11.1 Å². The Morgan fingerprint density at radius 2 is 1.48 bits per heavy atom. The van der Waals surface area contributed by atoms with Crippen molar-refractivity contribution in [2.45, 2.75) is 32.1 Å². The van der Waals surface area contributed by atoms with Gasteiger partial charge >= 0.3 is 12.1 Å². The van der Waals surface area contributed by atoms with Crippen LogP contribution in [0.5, 0.6) is 0 Å². The number of nitro groups is 2. The van der Waals surface area contributed by atoms with Crippen LogP contribution in [0.15, 0.2) is 66.7 Å². The molecule has 0 aromatic heterocycles. The van der Waals surface area contributed by atoms with Crippen molar-refractivity contribution in [3.63, 3.8) is 0 Å². The van der Waals surface area contributed by atoms with Crippen LogP contribution in [-0.4, -0.2) is 59.2 Å². The number of alkyl carbamates (subject to hydrolysis) is 1. The molecular weight excluding hydrogens is 574 g/mol. The fourth-order valence-corrected chi connectivity index (χ4v) is 4.56. The summed E-state index contributed by atoms with van der Waals surface area (Å²) in [5.41, 5.74) is 4.14. The molecule has 0 bridgehead atoms.